The van der Waals surface area contributed by atoms with Crippen molar-refractivity contribution < 1.29 is 4.79 Å². The molecule has 1 aliphatic heterocycles. The van der Waals surface area contributed by atoms with Gasteiger partial charge < -0.3 is 10.2 Å². The molecule has 0 radical (unpaired) electrons. The summed E-state index contributed by atoms with van der Waals surface area (Å²) in [5.74, 6) is 0.369. The first-order valence-corrected chi connectivity index (χ1v) is 8.97. The number of nitrogens with zero attached hydrogens (tertiary/aromatic N) is 6. The van der Waals surface area contributed by atoms with Gasteiger partial charge in [0, 0.05) is 18.5 Å². The molecule has 1 fully saturated rings. The molecule has 3 aromatic heterocycles. The van der Waals surface area contributed by atoms with E-state index in [1.165, 1.54) is 12.8 Å². The quantitative estimate of drug-likeness (QED) is 0.749. The van der Waals surface area contributed by atoms with E-state index in [1.54, 1.807) is 46.8 Å². The minimum absolute atomic E-state index is 0.231. The maximum absolute atomic E-state index is 12.4. The predicted molar refractivity (Wildman–Crippen MR) is 93.9 cm³/mol. The van der Waals surface area contributed by atoms with Gasteiger partial charge in [0.15, 0.2) is 5.13 Å². The predicted octanol–water partition coefficient (Wildman–Crippen LogP) is 1.65. The van der Waals surface area contributed by atoms with Crippen molar-refractivity contribution in [3.05, 3.63) is 47.6 Å². The number of rotatable bonds is 5. The fourth-order valence-electron chi connectivity index (χ4n) is 2.71. The molecule has 25 heavy (non-hydrogen) atoms. The topological polar surface area (TPSA) is 88.8 Å². The van der Waals surface area contributed by atoms with E-state index in [4.69, 9.17) is 0 Å². The monoisotopic (exact) mass is 355 g/mol. The van der Waals surface area contributed by atoms with Gasteiger partial charge >= 0.3 is 0 Å². The highest BCUT2D eigenvalue weighted by Crippen LogP contribution is 2.24. The number of hydrogen-bond acceptors (Lipinski definition) is 7. The van der Waals surface area contributed by atoms with E-state index in [9.17, 15) is 4.79 Å². The second-order valence-electron chi connectivity index (χ2n) is 5.75. The van der Waals surface area contributed by atoms with Crippen LogP contribution < -0.4 is 10.2 Å². The van der Waals surface area contributed by atoms with Gasteiger partial charge in [-0.15, -0.1) is 21.5 Å². The molecule has 0 aliphatic carbocycles. The Hall–Kier alpha value is -2.81. The first-order chi connectivity index (χ1) is 12.3. The molecule has 3 aromatic rings. The van der Waals surface area contributed by atoms with Gasteiger partial charge in [0.2, 0.25) is 0 Å². The van der Waals surface area contributed by atoms with Gasteiger partial charge in [-0.25, -0.2) is 9.97 Å². The van der Waals surface area contributed by atoms with Crippen molar-refractivity contribution >= 4 is 22.4 Å². The van der Waals surface area contributed by atoms with Crippen LogP contribution in [0.15, 0.2) is 36.2 Å². The third-order valence-corrected chi connectivity index (χ3v) is 4.95. The Balaban J connectivity index is 1.40. The van der Waals surface area contributed by atoms with Crippen molar-refractivity contribution in [2.24, 2.45) is 0 Å². The summed E-state index contributed by atoms with van der Waals surface area (Å²) in [6.07, 6.45) is 5.53. The van der Waals surface area contributed by atoms with E-state index in [2.05, 4.69) is 30.4 Å². The molecule has 0 bridgehead atoms. The van der Waals surface area contributed by atoms with Gasteiger partial charge in [0.1, 0.15) is 24.2 Å². The summed E-state index contributed by atoms with van der Waals surface area (Å²) >= 11 is 1.63. The molecule has 0 spiro atoms. The number of amides is 1. The average Bonchev–Trinajstić information content (AvgIpc) is 3.42. The van der Waals surface area contributed by atoms with E-state index in [0.717, 1.165) is 23.9 Å². The molecule has 1 aliphatic rings. The van der Waals surface area contributed by atoms with Crippen LogP contribution in [0.1, 0.15) is 29.0 Å². The zero-order valence-corrected chi connectivity index (χ0v) is 14.3. The molecule has 128 valence electrons. The molecule has 4 heterocycles. The van der Waals surface area contributed by atoms with Crippen molar-refractivity contribution in [3.8, 4) is 5.82 Å². The van der Waals surface area contributed by atoms with Crippen molar-refractivity contribution in [3.63, 3.8) is 0 Å². The SMILES string of the molecule is O=C(NCc1csc(N2CCCC2)n1)c1cccc(-n2cnnc2)n1. The molecule has 0 saturated carbocycles. The highest BCUT2D eigenvalue weighted by Gasteiger charge is 2.16. The Morgan fingerprint density at radius 1 is 1.16 bits per heavy atom. The van der Waals surface area contributed by atoms with Crippen molar-refractivity contribution in [1.29, 1.82) is 0 Å². The number of anilines is 1. The zero-order valence-electron chi connectivity index (χ0n) is 13.5. The Bertz CT molecular complexity index is 855. The Morgan fingerprint density at radius 2 is 1.96 bits per heavy atom. The number of hydrogen-bond donors (Lipinski definition) is 1. The fraction of sp³-hybridized carbons (Fsp3) is 0.312. The number of carbonyl (C=O) groups excluding carboxylic acids is 1. The summed E-state index contributed by atoms with van der Waals surface area (Å²) in [5, 5.41) is 13.4. The van der Waals surface area contributed by atoms with E-state index in [-0.39, 0.29) is 5.91 Å². The van der Waals surface area contributed by atoms with Crippen LogP contribution in [0.4, 0.5) is 5.13 Å². The molecule has 1 N–H and O–H groups in total. The number of carbonyl (C=O) groups is 1. The second kappa shape index (κ2) is 6.98. The summed E-state index contributed by atoms with van der Waals surface area (Å²) in [5.41, 5.74) is 1.22. The largest absolute Gasteiger partial charge is 0.348 e. The standard InChI is InChI=1S/C16H17N7OS/c24-15(13-4-3-5-14(21-13)23-10-18-19-11-23)17-8-12-9-25-16(20-12)22-6-1-2-7-22/h3-5,9-11H,1-2,6-8H2,(H,17,24). The van der Waals surface area contributed by atoms with E-state index >= 15 is 0 Å². The molecule has 9 heteroatoms. The van der Waals surface area contributed by atoms with E-state index in [0.29, 0.717) is 18.1 Å². The summed E-state index contributed by atoms with van der Waals surface area (Å²) in [6.45, 7) is 2.53. The Morgan fingerprint density at radius 3 is 2.76 bits per heavy atom. The molecular weight excluding hydrogens is 338 g/mol. The maximum Gasteiger partial charge on any atom is 0.270 e. The van der Waals surface area contributed by atoms with Crippen LogP contribution in [-0.4, -0.2) is 43.7 Å². The van der Waals surface area contributed by atoms with Crippen LogP contribution in [-0.2, 0) is 6.54 Å². The molecular formula is C16H17N7OS. The van der Waals surface area contributed by atoms with Crippen molar-refractivity contribution in [2.75, 3.05) is 18.0 Å². The van der Waals surface area contributed by atoms with Gasteiger partial charge in [-0.3, -0.25) is 9.36 Å². The number of aromatic nitrogens is 5. The third-order valence-electron chi connectivity index (χ3n) is 4.00. The molecule has 1 amide bonds. The first-order valence-electron chi connectivity index (χ1n) is 8.09. The minimum atomic E-state index is -0.231. The second-order valence-corrected chi connectivity index (χ2v) is 6.58. The third kappa shape index (κ3) is 3.50. The summed E-state index contributed by atoms with van der Waals surface area (Å²) in [4.78, 5) is 23.6. The van der Waals surface area contributed by atoms with Gasteiger partial charge in [0.05, 0.1) is 12.2 Å². The molecule has 0 atom stereocenters. The lowest BCUT2D eigenvalue weighted by Crippen LogP contribution is -2.24. The molecule has 0 unspecified atom stereocenters. The number of nitrogens with one attached hydrogen (secondary N) is 1. The van der Waals surface area contributed by atoms with Crippen molar-refractivity contribution in [1.82, 2.24) is 30.0 Å². The minimum Gasteiger partial charge on any atom is -0.348 e. The lowest BCUT2D eigenvalue weighted by molar-refractivity contribution is 0.0945. The van der Waals surface area contributed by atoms with Gasteiger partial charge in [-0.05, 0) is 25.0 Å². The van der Waals surface area contributed by atoms with Gasteiger partial charge in [-0.1, -0.05) is 6.07 Å². The number of thiazole rings is 1. The summed E-state index contributed by atoms with van der Waals surface area (Å²) in [7, 11) is 0. The fourth-order valence-corrected chi connectivity index (χ4v) is 3.58. The first kappa shape index (κ1) is 15.7. The van der Waals surface area contributed by atoms with Gasteiger partial charge in [0.25, 0.3) is 5.91 Å². The average molecular weight is 355 g/mol. The lowest BCUT2D eigenvalue weighted by Gasteiger charge is -2.12. The van der Waals surface area contributed by atoms with Crippen LogP contribution in [0.5, 0.6) is 0 Å². The van der Waals surface area contributed by atoms with Crippen molar-refractivity contribution in [2.45, 2.75) is 19.4 Å². The molecule has 1 saturated heterocycles. The zero-order chi connectivity index (χ0) is 17.1. The van der Waals surface area contributed by atoms with Crippen LogP contribution in [0, 0.1) is 0 Å². The molecule has 8 nitrogen and oxygen atoms in total. The summed E-state index contributed by atoms with van der Waals surface area (Å²) in [6, 6.07) is 5.26. The summed E-state index contributed by atoms with van der Waals surface area (Å²) < 4.78 is 1.65. The van der Waals surface area contributed by atoms with Gasteiger partial charge in [-0.2, -0.15) is 0 Å². The number of pyridine rings is 1. The van der Waals surface area contributed by atoms with Crippen LogP contribution >= 0.6 is 11.3 Å². The molecule has 0 aromatic carbocycles. The normalized spacial score (nSPS) is 14.0. The smallest absolute Gasteiger partial charge is 0.270 e. The maximum atomic E-state index is 12.4. The Labute approximate surface area is 148 Å². The highest BCUT2D eigenvalue weighted by molar-refractivity contribution is 7.13. The van der Waals surface area contributed by atoms with Crippen LogP contribution in [0.25, 0.3) is 5.82 Å². The Kier molecular flexibility index (Phi) is 4.38. The van der Waals surface area contributed by atoms with E-state index in [1.807, 2.05) is 5.38 Å². The highest BCUT2D eigenvalue weighted by atomic mass is 32.1. The van der Waals surface area contributed by atoms with Crippen LogP contribution in [0.3, 0.4) is 0 Å². The van der Waals surface area contributed by atoms with Crippen LogP contribution in [0.2, 0.25) is 0 Å². The molecule has 4 rings (SSSR count). The lowest BCUT2D eigenvalue weighted by atomic mass is 10.3. The van der Waals surface area contributed by atoms with E-state index < -0.39 is 0 Å².